The van der Waals surface area contributed by atoms with E-state index in [0.717, 1.165) is 19.5 Å². The van der Waals surface area contributed by atoms with Gasteiger partial charge in [-0.05, 0) is 25.1 Å². The van der Waals surface area contributed by atoms with Gasteiger partial charge in [0.25, 0.3) is 0 Å². The summed E-state index contributed by atoms with van der Waals surface area (Å²) in [6.07, 6.45) is 1.11. The number of hydrogen-bond donors (Lipinski definition) is 1. The zero-order valence-corrected chi connectivity index (χ0v) is 14.6. The van der Waals surface area contributed by atoms with E-state index >= 15 is 0 Å². The van der Waals surface area contributed by atoms with E-state index in [1.807, 2.05) is 0 Å². The summed E-state index contributed by atoms with van der Waals surface area (Å²) >= 11 is 0. The number of carbonyl (C=O) groups is 1. The number of sulfonamides is 1. The number of benzene rings is 1. The second-order valence-electron chi connectivity index (χ2n) is 6.07. The first kappa shape index (κ1) is 17.3. The summed E-state index contributed by atoms with van der Waals surface area (Å²) in [7, 11) is -2.45. The number of esters is 1. The van der Waals surface area contributed by atoms with Crippen LogP contribution in [0.1, 0.15) is 16.8 Å². The van der Waals surface area contributed by atoms with E-state index < -0.39 is 16.0 Å². The van der Waals surface area contributed by atoms with Gasteiger partial charge in [-0.25, -0.2) is 13.2 Å². The van der Waals surface area contributed by atoms with Crippen LogP contribution in [0.15, 0.2) is 29.2 Å². The van der Waals surface area contributed by atoms with Gasteiger partial charge in [-0.1, -0.05) is 12.1 Å². The number of nitrogens with one attached hydrogen (secondary N) is 1. The van der Waals surface area contributed by atoms with E-state index in [1.54, 1.807) is 12.1 Å². The lowest BCUT2D eigenvalue weighted by molar-refractivity contribution is 0.0596. The van der Waals surface area contributed by atoms with Gasteiger partial charge in [-0.3, -0.25) is 4.90 Å². The Hall–Kier alpha value is -1.48. The molecule has 0 aromatic heterocycles. The van der Waals surface area contributed by atoms with Crippen LogP contribution in [0.4, 0.5) is 0 Å². The molecule has 132 valence electrons. The van der Waals surface area contributed by atoms with Crippen molar-refractivity contribution in [1.29, 1.82) is 0 Å². The average Bonchev–Trinajstić information content (AvgIpc) is 3.16. The predicted molar refractivity (Wildman–Crippen MR) is 89.4 cm³/mol. The third kappa shape index (κ3) is 3.32. The zero-order valence-electron chi connectivity index (χ0n) is 13.8. The lowest BCUT2D eigenvalue weighted by Crippen LogP contribution is -2.52. The first-order valence-corrected chi connectivity index (χ1v) is 9.60. The van der Waals surface area contributed by atoms with Crippen molar-refractivity contribution in [1.82, 2.24) is 14.5 Å². The fourth-order valence-corrected chi connectivity index (χ4v) is 4.97. The summed E-state index contributed by atoms with van der Waals surface area (Å²) < 4.78 is 32.1. The summed E-state index contributed by atoms with van der Waals surface area (Å²) in [4.78, 5) is 14.2. The number of methoxy groups -OCH3 is 1. The fraction of sp³-hybridized carbons (Fsp3) is 0.562. The summed E-state index contributed by atoms with van der Waals surface area (Å²) in [6.45, 7) is 4.30. The van der Waals surface area contributed by atoms with Crippen LogP contribution in [0.3, 0.4) is 0 Å². The molecule has 8 heteroatoms. The molecule has 24 heavy (non-hydrogen) atoms. The summed E-state index contributed by atoms with van der Waals surface area (Å²) in [5, 5.41) is 3.34. The molecule has 1 aromatic rings. The largest absolute Gasteiger partial charge is 0.465 e. The normalized spacial score (nSPS) is 23.3. The SMILES string of the molecule is COC(=O)c1ccccc1S(=O)(=O)N1CCN(C2CCNC2)CC1. The minimum absolute atomic E-state index is 0.0211. The van der Waals surface area contributed by atoms with E-state index in [1.165, 1.54) is 23.5 Å². The molecule has 3 rings (SSSR count). The molecular formula is C16H23N3O4S. The molecular weight excluding hydrogens is 330 g/mol. The van der Waals surface area contributed by atoms with Crippen molar-refractivity contribution >= 4 is 16.0 Å². The van der Waals surface area contributed by atoms with Crippen LogP contribution in [0.5, 0.6) is 0 Å². The quantitative estimate of drug-likeness (QED) is 0.776. The van der Waals surface area contributed by atoms with Crippen molar-refractivity contribution in [3.63, 3.8) is 0 Å². The Kier molecular flexibility index (Phi) is 5.19. The molecule has 0 amide bonds. The summed E-state index contributed by atoms with van der Waals surface area (Å²) in [6, 6.07) is 6.71. The van der Waals surface area contributed by atoms with Crippen LogP contribution in [0.2, 0.25) is 0 Å². The first-order valence-electron chi connectivity index (χ1n) is 8.16. The van der Waals surface area contributed by atoms with Gasteiger partial charge in [0, 0.05) is 38.8 Å². The molecule has 2 saturated heterocycles. The van der Waals surface area contributed by atoms with Crippen molar-refractivity contribution in [2.75, 3.05) is 46.4 Å². The first-order chi connectivity index (χ1) is 11.5. The van der Waals surface area contributed by atoms with E-state index in [-0.39, 0.29) is 10.5 Å². The van der Waals surface area contributed by atoms with Crippen LogP contribution < -0.4 is 5.32 Å². The van der Waals surface area contributed by atoms with Crippen molar-refractivity contribution in [2.45, 2.75) is 17.4 Å². The Morgan fingerprint density at radius 3 is 2.54 bits per heavy atom. The Morgan fingerprint density at radius 1 is 1.21 bits per heavy atom. The van der Waals surface area contributed by atoms with Crippen molar-refractivity contribution in [3.8, 4) is 0 Å². The smallest absolute Gasteiger partial charge is 0.339 e. The highest BCUT2D eigenvalue weighted by Crippen LogP contribution is 2.23. The summed E-state index contributed by atoms with van der Waals surface area (Å²) in [5.74, 6) is -0.634. The van der Waals surface area contributed by atoms with Crippen LogP contribution in [0.25, 0.3) is 0 Å². The topological polar surface area (TPSA) is 79.0 Å². The van der Waals surface area contributed by atoms with E-state index in [9.17, 15) is 13.2 Å². The van der Waals surface area contributed by atoms with Gasteiger partial charge in [0.1, 0.15) is 0 Å². The van der Waals surface area contributed by atoms with Crippen molar-refractivity contribution in [3.05, 3.63) is 29.8 Å². The highest BCUT2D eigenvalue weighted by molar-refractivity contribution is 7.89. The Balaban J connectivity index is 1.76. The van der Waals surface area contributed by atoms with Gasteiger partial charge in [-0.2, -0.15) is 4.31 Å². The molecule has 2 aliphatic rings. The van der Waals surface area contributed by atoms with Gasteiger partial charge in [0.2, 0.25) is 10.0 Å². The lowest BCUT2D eigenvalue weighted by Gasteiger charge is -2.37. The standard InChI is InChI=1S/C16H23N3O4S/c1-23-16(20)14-4-2-3-5-15(14)24(21,22)19-10-8-18(9-11-19)13-6-7-17-12-13/h2-5,13,17H,6-12H2,1H3. The molecule has 2 aliphatic heterocycles. The fourth-order valence-electron chi connectivity index (χ4n) is 3.37. The Bertz CT molecular complexity index is 693. The minimum Gasteiger partial charge on any atom is -0.465 e. The molecule has 0 spiro atoms. The molecule has 7 nitrogen and oxygen atoms in total. The number of carbonyl (C=O) groups excluding carboxylic acids is 1. The van der Waals surface area contributed by atoms with Gasteiger partial charge >= 0.3 is 5.97 Å². The molecule has 0 radical (unpaired) electrons. The highest BCUT2D eigenvalue weighted by Gasteiger charge is 2.33. The van der Waals surface area contributed by atoms with Crippen LogP contribution in [-0.4, -0.2) is 76.0 Å². The molecule has 0 bridgehead atoms. The third-order valence-corrected chi connectivity index (χ3v) is 6.69. The molecule has 2 heterocycles. The minimum atomic E-state index is -3.70. The predicted octanol–water partition coefficient (Wildman–Crippen LogP) is 0.141. The zero-order chi connectivity index (χ0) is 17.2. The number of nitrogens with zero attached hydrogens (tertiary/aromatic N) is 2. The number of rotatable bonds is 4. The van der Waals surface area contributed by atoms with Gasteiger partial charge < -0.3 is 10.1 Å². The van der Waals surface area contributed by atoms with Gasteiger partial charge in [0.15, 0.2) is 0 Å². The maximum Gasteiger partial charge on any atom is 0.339 e. The molecule has 2 fully saturated rings. The van der Waals surface area contributed by atoms with E-state index in [4.69, 9.17) is 4.74 Å². The molecule has 1 N–H and O–H groups in total. The summed E-state index contributed by atoms with van der Waals surface area (Å²) in [5.41, 5.74) is 0.0856. The molecule has 1 unspecified atom stereocenters. The van der Waals surface area contributed by atoms with Crippen LogP contribution in [0, 0.1) is 0 Å². The van der Waals surface area contributed by atoms with Crippen LogP contribution in [-0.2, 0) is 14.8 Å². The second-order valence-corrected chi connectivity index (χ2v) is 7.98. The number of ether oxygens (including phenoxy) is 1. The maximum atomic E-state index is 12.9. The van der Waals surface area contributed by atoms with Crippen molar-refractivity contribution < 1.29 is 17.9 Å². The number of hydrogen-bond acceptors (Lipinski definition) is 6. The van der Waals surface area contributed by atoms with Gasteiger partial charge in [0.05, 0.1) is 17.6 Å². The monoisotopic (exact) mass is 353 g/mol. The molecule has 1 aromatic carbocycles. The van der Waals surface area contributed by atoms with E-state index in [2.05, 4.69) is 10.2 Å². The number of piperazine rings is 1. The maximum absolute atomic E-state index is 12.9. The lowest BCUT2D eigenvalue weighted by atomic mass is 10.2. The highest BCUT2D eigenvalue weighted by atomic mass is 32.2. The van der Waals surface area contributed by atoms with Crippen molar-refractivity contribution in [2.24, 2.45) is 0 Å². The average molecular weight is 353 g/mol. The Morgan fingerprint density at radius 2 is 1.92 bits per heavy atom. The molecule has 1 atom stereocenters. The second kappa shape index (κ2) is 7.18. The van der Waals surface area contributed by atoms with Gasteiger partial charge in [-0.15, -0.1) is 0 Å². The third-order valence-electron chi connectivity index (χ3n) is 4.73. The molecule has 0 aliphatic carbocycles. The molecule has 0 saturated carbocycles. The van der Waals surface area contributed by atoms with Crippen LogP contribution >= 0.6 is 0 Å². The van der Waals surface area contributed by atoms with E-state index in [0.29, 0.717) is 32.2 Å². The Labute approximate surface area is 142 Å².